The summed E-state index contributed by atoms with van der Waals surface area (Å²) in [6, 6.07) is 53.0. The minimum Gasteiger partial charge on any atom is -0.348 e. The number of hydrazone groups is 3. The molecule has 1 fully saturated rings. The third kappa shape index (κ3) is 26.8. The number of benzene rings is 5. The average molecular weight is 1930 g/mol. The fraction of sp³-hybridized carbons (Fsp3) is 0.0842. The highest BCUT2D eigenvalue weighted by atomic mass is 32.2. The maximum absolute atomic E-state index is 11.0. The van der Waals surface area contributed by atoms with Gasteiger partial charge >= 0.3 is 17.4 Å². The number of hydrogen-bond donors (Lipinski definition) is 18. The molecule has 29 rings (SSSR count). The third-order valence-electron chi connectivity index (χ3n) is 20.7. The summed E-state index contributed by atoms with van der Waals surface area (Å²) in [7, 11) is 0. The van der Waals surface area contributed by atoms with E-state index in [1.165, 1.54) is 44.0 Å². The summed E-state index contributed by atoms with van der Waals surface area (Å²) in [4.78, 5) is 109. The Bertz CT molecular complexity index is 7010. The molecule has 1 saturated heterocycles. The highest BCUT2D eigenvalue weighted by molar-refractivity contribution is 7.95. The van der Waals surface area contributed by atoms with Gasteiger partial charge in [-0.3, -0.25) is 69.4 Å². The second-order valence-electron chi connectivity index (χ2n) is 29.8. The lowest BCUT2D eigenvalue weighted by Gasteiger charge is -2.19. The Morgan fingerprint density at radius 1 is 0.549 bits per heavy atom. The number of nitrogens with zero attached hydrogens (tertiary/aromatic N) is 20. The quantitative estimate of drug-likeness (QED) is 0.0439. The van der Waals surface area contributed by atoms with E-state index in [2.05, 4.69) is 203 Å². The van der Waals surface area contributed by atoms with E-state index in [0.29, 0.717) is 40.2 Å². The number of urea groups is 1. The van der Waals surface area contributed by atoms with Crippen molar-refractivity contribution in [2.75, 3.05) is 0 Å². The number of hydrazine groups is 3. The number of rotatable bonds is 2. The van der Waals surface area contributed by atoms with Crippen LogP contribution in [0, 0.1) is 0 Å². The maximum atomic E-state index is 11.0. The molecule has 5 amide bonds. The summed E-state index contributed by atoms with van der Waals surface area (Å²) in [5.74, 6) is -0.0585. The number of aliphatic imine (C=N–C) groups is 1. The van der Waals surface area contributed by atoms with Gasteiger partial charge in [-0.2, -0.15) is 56.0 Å². The zero-order valence-electron chi connectivity index (χ0n) is 75.3. The minimum atomic E-state index is -0.300. The number of nitrogens with one attached hydrogen (secondary N) is 18. The molecule has 0 saturated carbocycles. The molecule has 11 aromatic heterocycles. The first-order valence-corrected chi connectivity index (χ1v) is 44.2. The van der Waals surface area contributed by atoms with Crippen LogP contribution in [0.3, 0.4) is 0 Å². The van der Waals surface area contributed by atoms with Gasteiger partial charge in [-0.1, -0.05) is 110 Å². The molecule has 1 atom stereocenters. The number of amides is 5. The number of imide groups is 1. The number of aromatic nitrogens is 19. The highest BCUT2D eigenvalue weighted by Crippen LogP contribution is 2.24. The molecule has 0 bridgehead atoms. The van der Waals surface area contributed by atoms with Crippen molar-refractivity contribution in [2.45, 2.75) is 52.0 Å². The Hall–Kier alpha value is -19.4. The van der Waals surface area contributed by atoms with Crippen LogP contribution in [0.1, 0.15) is 76.0 Å². The molecule has 24 heterocycles. The van der Waals surface area contributed by atoms with Gasteiger partial charge < -0.3 is 31.0 Å². The van der Waals surface area contributed by atoms with Crippen molar-refractivity contribution in [3.05, 3.63) is 428 Å². The summed E-state index contributed by atoms with van der Waals surface area (Å²) in [6.07, 6.45) is 48.4. The zero-order chi connectivity index (χ0) is 98.2. The van der Waals surface area contributed by atoms with Crippen LogP contribution in [0.2, 0.25) is 0 Å². The Morgan fingerprint density at radius 3 is 1.89 bits per heavy atom. The predicted octanol–water partition coefficient (Wildman–Crippen LogP) is 8.38. The van der Waals surface area contributed by atoms with Crippen LogP contribution < -0.4 is 75.5 Å². The Kier molecular flexibility index (Phi) is 34.4. The van der Waals surface area contributed by atoms with Crippen LogP contribution >= 0.6 is 12.1 Å². The number of aromatic amines is 7. The number of fused-ring (bicyclic) bond motifs is 14. The SMILES string of the molecule is C1=CC2=CNON2N=C1.C1=CC2=CNSN2N=C1.C1=CNN2NN=CC2=C1.C=Cc1n[nH]nc1N=C.O=C1NC(=O)c2ccccc21.O=C1NCc2ccccc21.O=C1NNC2C=CC=CN12.O=c1[nH][nH]c2ccccc12.O=c1[nH]cc2ccccn12.O=c1[nH]nc2ccccn12.c1ccc2[nH]ncc2c1.c1ccc2c(c1)CNC2.c1cnc2[nH]ncc2c1.c1ncc2c(n1)CNC2.c1ncc2c(n1)CNC2. The average Bonchev–Trinajstić information content (AvgIpc) is 1.67. The topological polar surface area (TPSA) is 572 Å². The maximum Gasteiger partial charge on any atom is 0.347 e. The first-order valence-electron chi connectivity index (χ1n) is 43.5. The normalized spacial score (nSPS) is 15.2. The first kappa shape index (κ1) is 97.2. The van der Waals surface area contributed by atoms with Crippen LogP contribution in [0.5, 0.6) is 0 Å². The van der Waals surface area contributed by atoms with Gasteiger partial charge in [0.2, 0.25) is 5.82 Å². The summed E-state index contributed by atoms with van der Waals surface area (Å²) in [5.41, 5.74) is 31.7. The number of hydroxylamine groups is 2. The number of imidazole rings is 1. The van der Waals surface area contributed by atoms with Crippen molar-refractivity contribution in [3.8, 4) is 0 Å². The molecular weight excluding hydrogens is 1830 g/mol. The second kappa shape index (κ2) is 50.3. The molecule has 0 aliphatic carbocycles. The fourth-order valence-electron chi connectivity index (χ4n) is 13.6. The molecule has 47 heteroatoms. The lowest BCUT2D eigenvalue weighted by atomic mass is 10.1. The second-order valence-corrected chi connectivity index (χ2v) is 30.6. The highest BCUT2D eigenvalue weighted by Gasteiger charge is 2.28. The van der Waals surface area contributed by atoms with Crippen molar-refractivity contribution in [1.82, 2.24) is 173 Å². The Labute approximate surface area is 810 Å². The fourth-order valence-corrected chi connectivity index (χ4v) is 14.2. The van der Waals surface area contributed by atoms with E-state index < -0.39 is 0 Å². The van der Waals surface area contributed by atoms with Crippen LogP contribution in [0.4, 0.5) is 10.6 Å². The monoisotopic (exact) mass is 1920 g/mol. The number of pyridine rings is 3. The number of hydrogen-bond acceptors (Lipinski definition) is 34. The summed E-state index contributed by atoms with van der Waals surface area (Å²) >= 11 is 1.47. The molecule has 46 nitrogen and oxygen atoms in total. The lowest BCUT2D eigenvalue weighted by molar-refractivity contribution is -0.147. The molecular formula is C95H92N38O8S. The van der Waals surface area contributed by atoms with E-state index in [-0.39, 0.29) is 46.9 Å². The third-order valence-corrected chi connectivity index (χ3v) is 21.4. The Balaban J connectivity index is 0.000000115. The van der Waals surface area contributed by atoms with E-state index in [1.54, 1.807) is 138 Å². The van der Waals surface area contributed by atoms with Crippen molar-refractivity contribution >= 4 is 117 Å². The molecule has 0 spiro atoms. The van der Waals surface area contributed by atoms with Crippen LogP contribution in [-0.2, 0) is 50.8 Å². The van der Waals surface area contributed by atoms with E-state index >= 15 is 0 Å². The molecule has 16 aromatic rings. The van der Waals surface area contributed by atoms with Crippen molar-refractivity contribution in [1.29, 1.82) is 0 Å². The van der Waals surface area contributed by atoms with Gasteiger partial charge in [-0.15, -0.1) is 15.2 Å². The standard InChI is InChI=1S/C8H5NO2.C8H7NO.C8H9N.2C7H6N2O.C7H6N2.C6H7N3O.C6H5N3O.2C6H7N3.C6H5N3.2C5H6N4.C5H5N3O.C5H5N3S/c10-7-5-3-1-2-4-6(5)8(11)9-7;10-8-7-4-2-1-3-6(7)5-9-8;1-2-4-8-6-9-5-7(8)3-1;10-7-8-5-6-3-1-2-4-9(6)7;10-7-5-3-1-2-4-6(5)8-9-7;1-2-4-7-6(3-1)5-8-9-7;2*10-6-8-7-5-3-1-2-4-9(5)6;2*1-5-2-8-4-9-6(5)3-7-1;1-2-5-4-8-9-6(5)7-3-1;1-2-5-4-6-8-9(5)7-3-1;1-3-4-5(6-2)8-9-7-4;2*1-2-5-4-7-9-8(5)6-3-1/h1-4H,(H,9,10,11);1-4H,5H2,(H,9,10);1-4,9H,5-6H2;1-5H,(H,8,10);1-4H,(H2,8,9,10);1-5H,(H,8,9);1-5,7H,(H,8,10);1-4H,(H,8,10);2*2,4,7H,1,3H2;1-4H,(H,7,8,9);1-4,7-8H;3H,1-2H2,(H,7,8,9);2*1-4,7H. The molecule has 142 heavy (non-hydrogen) atoms. The van der Waals surface area contributed by atoms with Crippen LogP contribution in [0.25, 0.3) is 50.1 Å². The van der Waals surface area contributed by atoms with Gasteiger partial charge in [0.1, 0.15) is 35.9 Å². The van der Waals surface area contributed by atoms with Crippen molar-refractivity contribution in [2.24, 2.45) is 20.3 Å². The molecule has 5 aromatic carbocycles. The van der Waals surface area contributed by atoms with Gasteiger partial charge in [0.05, 0.1) is 93.3 Å². The van der Waals surface area contributed by atoms with Gasteiger partial charge in [0.15, 0.2) is 11.3 Å². The number of carbonyl (C=O) groups excluding carboxylic acids is 4. The van der Waals surface area contributed by atoms with Gasteiger partial charge in [-0.25, -0.2) is 60.3 Å². The van der Waals surface area contributed by atoms with E-state index in [1.807, 2.05) is 193 Å². The van der Waals surface area contributed by atoms with Crippen molar-refractivity contribution in [3.63, 3.8) is 0 Å². The summed E-state index contributed by atoms with van der Waals surface area (Å²) in [5, 5.41) is 66.8. The number of H-pyrrole nitrogens is 7. The van der Waals surface area contributed by atoms with E-state index in [0.717, 1.165) is 112 Å². The number of para-hydroxylation sites is 2. The van der Waals surface area contributed by atoms with Gasteiger partial charge in [0, 0.05) is 135 Å². The van der Waals surface area contributed by atoms with Gasteiger partial charge in [0.25, 0.3) is 23.3 Å². The lowest BCUT2D eigenvalue weighted by Crippen LogP contribution is -2.39. The summed E-state index contributed by atoms with van der Waals surface area (Å²) < 4.78 is 7.80. The predicted molar refractivity (Wildman–Crippen MR) is 536 cm³/mol. The first-order chi connectivity index (χ1) is 69.8. The zero-order valence-corrected chi connectivity index (χ0v) is 76.1. The molecule has 13 aliphatic rings. The van der Waals surface area contributed by atoms with Crippen molar-refractivity contribution < 1.29 is 24.1 Å². The number of allylic oxidation sites excluding steroid dienone is 9. The molecule has 1 unspecified atom stereocenters. The minimum absolute atomic E-state index is 0.00231. The number of carbonyl (C=O) groups is 4. The van der Waals surface area contributed by atoms with E-state index in [9.17, 15) is 33.6 Å². The smallest absolute Gasteiger partial charge is 0.347 e. The van der Waals surface area contributed by atoms with E-state index in [4.69, 9.17) is 4.94 Å². The van der Waals surface area contributed by atoms with Crippen LogP contribution in [-0.4, -0.2) is 170 Å². The largest absolute Gasteiger partial charge is 0.348 e. The van der Waals surface area contributed by atoms with Gasteiger partial charge in [-0.05, 0) is 151 Å². The Morgan fingerprint density at radius 2 is 1.21 bits per heavy atom. The molecule has 13 aliphatic heterocycles. The molecule has 0 radical (unpaired) electrons. The molecule has 18 N–H and O–H groups in total. The molecule has 716 valence electrons. The van der Waals surface area contributed by atoms with Crippen LogP contribution in [0.15, 0.2) is 370 Å². The summed E-state index contributed by atoms with van der Waals surface area (Å²) in [6.45, 7) is 13.2.